The van der Waals surface area contributed by atoms with Crippen molar-refractivity contribution in [3.63, 3.8) is 0 Å². The predicted molar refractivity (Wildman–Crippen MR) is 86.5 cm³/mol. The summed E-state index contributed by atoms with van der Waals surface area (Å²) in [6, 6.07) is 9.51. The summed E-state index contributed by atoms with van der Waals surface area (Å²) >= 11 is 0. The molecule has 3 heteroatoms. The van der Waals surface area contributed by atoms with Gasteiger partial charge in [0.1, 0.15) is 0 Å². The van der Waals surface area contributed by atoms with Gasteiger partial charge in [-0.05, 0) is 55.6 Å². The van der Waals surface area contributed by atoms with Crippen molar-refractivity contribution in [2.45, 2.75) is 50.6 Å². The molecule has 2 aromatic rings. The van der Waals surface area contributed by atoms with Gasteiger partial charge in [0.05, 0.1) is 0 Å². The number of nitrogens with zero attached hydrogens (tertiary/aromatic N) is 1. The molecule has 4 bridgehead atoms. The Morgan fingerprint density at radius 1 is 1.18 bits per heavy atom. The van der Waals surface area contributed by atoms with Gasteiger partial charge >= 0.3 is 0 Å². The van der Waals surface area contributed by atoms with Crippen molar-refractivity contribution < 1.29 is 4.79 Å². The fourth-order valence-electron chi connectivity index (χ4n) is 5.43. The third kappa shape index (κ3) is 1.77. The number of benzene rings is 1. The number of aryl methyl sites for hydroxylation is 1. The van der Waals surface area contributed by atoms with Crippen LogP contribution in [0.4, 0.5) is 0 Å². The zero-order valence-corrected chi connectivity index (χ0v) is 12.8. The van der Waals surface area contributed by atoms with Crippen LogP contribution in [0.15, 0.2) is 30.5 Å². The first kappa shape index (κ1) is 12.7. The van der Waals surface area contributed by atoms with Gasteiger partial charge in [-0.3, -0.25) is 4.79 Å². The van der Waals surface area contributed by atoms with Crippen LogP contribution < -0.4 is 0 Å². The number of aromatic amines is 1. The fourth-order valence-corrected chi connectivity index (χ4v) is 5.43. The summed E-state index contributed by atoms with van der Waals surface area (Å²) in [5.74, 6) is 2.13. The maximum atomic E-state index is 12.8. The van der Waals surface area contributed by atoms with Crippen LogP contribution in [0.5, 0.6) is 0 Å². The lowest BCUT2D eigenvalue weighted by Crippen LogP contribution is -2.45. The summed E-state index contributed by atoms with van der Waals surface area (Å²) < 4.78 is 0. The van der Waals surface area contributed by atoms with Gasteiger partial charge < -0.3 is 9.88 Å². The fraction of sp³-hybridized carbons (Fsp3) is 0.526. The van der Waals surface area contributed by atoms with Crippen molar-refractivity contribution in [1.82, 2.24) is 9.88 Å². The Morgan fingerprint density at radius 2 is 2.09 bits per heavy atom. The van der Waals surface area contributed by atoms with Crippen molar-refractivity contribution in [3.05, 3.63) is 36.0 Å². The molecular weight excluding hydrogens is 272 g/mol. The second kappa shape index (κ2) is 4.61. The lowest BCUT2D eigenvalue weighted by Gasteiger charge is -2.36. The average Bonchev–Trinajstić information content (AvgIpc) is 3.14. The highest BCUT2D eigenvalue weighted by Gasteiger charge is 2.53. The molecule has 1 N–H and O–H groups in total. The van der Waals surface area contributed by atoms with E-state index < -0.39 is 0 Å². The molecule has 1 amide bonds. The molecule has 114 valence electrons. The Bertz CT molecular complexity index is 730. The summed E-state index contributed by atoms with van der Waals surface area (Å²) in [5, 5.41) is 1.26. The zero-order valence-electron chi connectivity index (χ0n) is 12.8. The molecule has 2 saturated carbocycles. The first-order chi connectivity index (χ1) is 10.8. The van der Waals surface area contributed by atoms with E-state index in [1.165, 1.54) is 42.1 Å². The highest BCUT2D eigenvalue weighted by Crippen LogP contribution is 2.52. The standard InChI is InChI=1S/C19H22N2O/c22-19(21-15-8-12-7-14(10-15)18(21)9-12)6-5-13-11-20-17-4-2-1-3-16(13)17/h1-4,11-12,14-15,18,20H,5-10H2. The van der Waals surface area contributed by atoms with E-state index in [1.807, 2.05) is 6.07 Å². The quantitative estimate of drug-likeness (QED) is 0.924. The molecule has 1 aromatic heterocycles. The maximum Gasteiger partial charge on any atom is 0.223 e. The van der Waals surface area contributed by atoms with Gasteiger partial charge in [-0.25, -0.2) is 0 Å². The number of fused-ring (bicyclic) bond motifs is 1. The average molecular weight is 294 g/mol. The third-order valence-electron chi connectivity index (χ3n) is 6.26. The lowest BCUT2D eigenvalue weighted by molar-refractivity contribution is -0.135. The molecular formula is C19H22N2O. The normalized spacial score (nSPS) is 32.3. The molecule has 4 unspecified atom stereocenters. The minimum absolute atomic E-state index is 0.392. The highest BCUT2D eigenvalue weighted by atomic mass is 16.2. The van der Waals surface area contributed by atoms with Crippen LogP contribution in [0.2, 0.25) is 0 Å². The number of aromatic nitrogens is 1. The van der Waals surface area contributed by atoms with Crippen molar-refractivity contribution in [2.24, 2.45) is 11.8 Å². The van der Waals surface area contributed by atoms with E-state index in [0.29, 0.717) is 24.4 Å². The molecule has 2 aliphatic carbocycles. The van der Waals surface area contributed by atoms with Crippen LogP contribution >= 0.6 is 0 Å². The van der Waals surface area contributed by atoms with Crippen LogP contribution in [-0.4, -0.2) is 27.9 Å². The molecule has 4 fully saturated rings. The number of piperidine rings is 1. The number of hydrogen-bond acceptors (Lipinski definition) is 1. The number of hydrogen-bond donors (Lipinski definition) is 1. The number of nitrogens with one attached hydrogen (secondary N) is 1. The molecule has 2 aliphatic heterocycles. The van der Waals surface area contributed by atoms with E-state index in [1.54, 1.807) is 0 Å². The minimum atomic E-state index is 0.392. The van der Waals surface area contributed by atoms with Gasteiger partial charge in [-0.1, -0.05) is 18.2 Å². The Kier molecular flexibility index (Phi) is 2.67. The first-order valence-electron chi connectivity index (χ1n) is 8.66. The van der Waals surface area contributed by atoms with Crippen LogP contribution in [0.3, 0.4) is 0 Å². The molecule has 4 atom stereocenters. The molecule has 0 radical (unpaired) electrons. The lowest BCUT2D eigenvalue weighted by atomic mass is 9.87. The Hall–Kier alpha value is -1.77. The van der Waals surface area contributed by atoms with Gasteiger partial charge in [0, 0.05) is 35.6 Å². The molecule has 1 aromatic carbocycles. The largest absolute Gasteiger partial charge is 0.361 e. The molecule has 3 heterocycles. The topological polar surface area (TPSA) is 36.1 Å². The molecule has 2 saturated heterocycles. The first-order valence-corrected chi connectivity index (χ1v) is 8.66. The van der Waals surface area contributed by atoms with E-state index in [2.05, 4.69) is 34.3 Å². The van der Waals surface area contributed by atoms with Crippen LogP contribution in [-0.2, 0) is 11.2 Å². The summed E-state index contributed by atoms with van der Waals surface area (Å²) in [6.07, 6.45) is 8.79. The second-order valence-corrected chi connectivity index (χ2v) is 7.45. The van der Waals surface area contributed by atoms with Crippen LogP contribution in [0.25, 0.3) is 10.9 Å². The zero-order chi connectivity index (χ0) is 14.7. The van der Waals surface area contributed by atoms with E-state index in [-0.39, 0.29) is 0 Å². The summed E-state index contributed by atoms with van der Waals surface area (Å²) in [7, 11) is 0. The van der Waals surface area contributed by atoms with Gasteiger partial charge in [0.2, 0.25) is 5.91 Å². The van der Waals surface area contributed by atoms with E-state index in [4.69, 9.17) is 0 Å². The summed E-state index contributed by atoms with van der Waals surface area (Å²) in [6.45, 7) is 0. The summed E-state index contributed by atoms with van der Waals surface area (Å²) in [4.78, 5) is 18.4. The third-order valence-corrected chi connectivity index (χ3v) is 6.26. The van der Waals surface area contributed by atoms with Gasteiger partial charge in [0.15, 0.2) is 0 Å². The SMILES string of the molecule is O=C(CCc1c[nH]c2ccccc12)N1C2CC3CC(C2)C1C3. The molecule has 3 nitrogen and oxygen atoms in total. The molecule has 22 heavy (non-hydrogen) atoms. The number of rotatable bonds is 3. The number of H-pyrrole nitrogens is 1. The molecule has 0 spiro atoms. The smallest absolute Gasteiger partial charge is 0.223 e. The Labute approximate surface area is 130 Å². The number of carbonyl (C=O) groups excluding carboxylic acids is 1. The number of carbonyl (C=O) groups is 1. The van der Waals surface area contributed by atoms with E-state index in [9.17, 15) is 4.79 Å². The van der Waals surface area contributed by atoms with Crippen LogP contribution in [0, 0.1) is 11.8 Å². The van der Waals surface area contributed by atoms with E-state index in [0.717, 1.165) is 18.3 Å². The second-order valence-electron chi connectivity index (χ2n) is 7.45. The molecule has 6 rings (SSSR count). The Balaban J connectivity index is 1.31. The summed E-state index contributed by atoms with van der Waals surface area (Å²) in [5.41, 5.74) is 2.45. The maximum absolute atomic E-state index is 12.8. The van der Waals surface area contributed by atoms with Gasteiger partial charge in [-0.2, -0.15) is 0 Å². The molecule has 4 aliphatic rings. The minimum Gasteiger partial charge on any atom is -0.361 e. The van der Waals surface area contributed by atoms with Gasteiger partial charge in [0.25, 0.3) is 0 Å². The monoisotopic (exact) mass is 294 g/mol. The van der Waals surface area contributed by atoms with Crippen molar-refractivity contribution in [1.29, 1.82) is 0 Å². The van der Waals surface area contributed by atoms with Crippen molar-refractivity contribution in [2.75, 3.05) is 0 Å². The number of para-hydroxylation sites is 1. The van der Waals surface area contributed by atoms with Gasteiger partial charge in [-0.15, -0.1) is 0 Å². The van der Waals surface area contributed by atoms with Crippen LogP contribution in [0.1, 0.15) is 37.7 Å². The van der Waals surface area contributed by atoms with E-state index >= 15 is 0 Å². The van der Waals surface area contributed by atoms with Crippen molar-refractivity contribution in [3.8, 4) is 0 Å². The van der Waals surface area contributed by atoms with Crippen molar-refractivity contribution >= 4 is 16.8 Å². The Morgan fingerprint density at radius 3 is 3.00 bits per heavy atom. The predicted octanol–water partition coefficient (Wildman–Crippen LogP) is 3.50. The highest BCUT2D eigenvalue weighted by molar-refractivity contribution is 5.84. The number of amides is 1.